The van der Waals surface area contributed by atoms with E-state index in [-0.39, 0.29) is 17.6 Å². The zero-order valence-electron chi connectivity index (χ0n) is 20.1. The number of amides is 2. The van der Waals surface area contributed by atoms with Gasteiger partial charge in [0.15, 0.2) is 0 Å². The standard InChI is InChI=1S/C25H34N4O4S/c1-4-34(32,33)29-15-13-28(14-16-29)18-20-9-11-21(12-10-20)24(30)27-23-8-6-5-7-22(23)25(31)26-17-19(2)3/h5-12,19H,4,13-18H2,1-3H3,(H,26,31)(H,27,30). The molecule has 0 radical (unpaired) electrons. The first-order valence-electron chi connectivity index (χ1n) is 11.7. The van der Waals surface area contributed by atoms with Crippen LogP contribution in [0.2, 0.25) is 0 Å². The SMILES string of the molecule is CCS(=O)(=O)N1CCN(Cc2ccc(C(=O)Nc3ccccc3C(=O)NCC(C)C)cc2)CC1. The molecule has 1 aliphatic rings. The fourth-order valence-corrected chi connectivity index (χ4v) is 4.83. The summed E-state index contributed by atoms with van der Waals surface area (Å²) < 4.78 is 25.6. The molecular weight excluding hydrogens is 452 g/mol. The van der Waals surface area contributed by atoms with Crippen molar-refractivity contribution in [2.75, 3.05) is 43.8 Å². The van der Waals surface area contributed by atoms with Gasteiger partial charge in [-0.3, -0.25) is 14.5 Å². The minimum atomic E-state index is -3.14. The Bertz CT molecular complexity index is 1090. The largest absolute Gasteiger partial charge is 0.352 e. The lowest BCUT2D eigenvalue weighted by Crippen LogP contribution is -2.48. The van der Waals surface area contributed by atoms with E-state index >= 15 is 0 Å². The lowest BCUT2D eigenvalue weighted by atomic mass is 10.1. The zero-order chi connectivity index (χ0) is 24.7. The Morgan fingerprint density at radius 1 is 0.941 bits per heavy atom. The second-order valence-electron chi connectivity index (χ2n) is 8.88. The number of hydrogen-bond acceptors (Lipinski definition) is 5. The molecule has 1 saturated heterocycles. The molecule has 0 unspecified atom stereocenters. The number of hydrogen-bond donors (Lipinski definition) is 2. The van der Waals surface area contributed by atoms with Crippen LogP contribution in [0.4, 0.5) is 5.69 Å². The van der Waals surface area contributed by atoms with Gasteiger partial charge in [0.2, 0.25) is 10.0 Å². The Labute approximate surface area is 202 Å². The number of nitrogens with zero attached hydrogens (tertiary/aromatic N) is 2. The molecule has 184 valence electrons. The summed E-state index contributed by atoms with van der Waals surface area (Å²) in [6, 6.07) is 14.3. The van der Waals surface area contributed by atoms with Gasteiger partial charge in [0.05, 0.1) is 17.0 Å². The summed E-state index contributed by atoms with van der Waals surface area (Å²) in [4.78, 5) is 27.5. The molecule has 1 heterocycles. The smallest absolute Gasteiger partial charge is 0.255 e. The third kappa shape index (κ3) is 6.88. The Morgan fingerprint density at radius 3 is 2.21 bits per heavy atom. The number of benzene rings is 2. The maximum Gasteiger partial charge on any atom is 0.255 e. The summed E-state index contributed by atoms with van der Waals surface area (Å²) in [5, 5.41) is 5.73. The molecule has 1 aliphatic heterocycles. The summed E-state index contributed by atoms with van der Waals surface area (Å²) in [6.45, 7) is 9.32. The molecule has 9 heteroatoms. The van der Waals surface area contributed by atoms with Crippen LogP contribution in [0.5, 0.6) is 0 Å². The van der Waals surface area contributed by atoms with Crippen LogP contribution in [0.15, 0.2) is 48.5 Å². The van der Waals surface area contributed by atoms with Gasteiger partial charge in [0.25, 0.3) is 11.8 Å². The van der Waals surface area contributed by atoms with Crippen LogP contribution in [-0.2, 0) is 16.6 Å². The number of nitrogens with one attached hydrogen (secondary N) is 2. The summed E-state index contributed by atoms with van der Waals surface area (Å²) in [7, 11) is -3.14. The van der Waals surface area contributed by atoms with Crippen LogP contribution < -0.4 is 10.6 Å². The van der Waals surface area contributed by atoms with Gasteiger partial charge >= 0.3 is 0 Å². The molecule has 0 bridgehead atoms. The van der Waals surface area contributed by atoms with E-state index < -0.39 is 10.0 Å². The highest BCUT2D eigenvalue weighted by Crippen LogP contribution is 2.18. The second kappa shape index (κ2) is 11.6. The molecule has 0 aromatic heterocycles. The monoisotopic (exact) mass is 486 g/mol. The molecule has 8 nitrogen and oxygen atoms in total. The molecule has 2 aromatic rings. The van der Waals surface area contributed by atoms with Gasteiger partial charge in [-0.25, -0.2) is 8.42 Å². The summed E-state index contributed by atoms with van der Waals surface area (Å²) in [6.07, 6.45) is 0. The number of carbonyl (C=O) groups is 2. The highest BCUT2D eigenvalue weighted by molar-refractivity contribution is 7.89. The molecule has 0 aliphatic carbocycles. The summed E-state index contributed by atoms with van der Waals surface area (Å²) >= 11 is 0. The van der Waals surface area contributed by atoms with E-state index in [9.17, 15) is 18.0 Å². The quantitative estimate of drug-likeness (QED) is 0.568. The molecule has 34 heavy (non-hydrogen) atoms. The van der Waals surface area contributed by atoms with Crippen LogP contribution in [0, 0.1) is 5.92 Å². The maximum absolute atomic E-state index is 12.8. The Hall–Kier alpha value is -2.75. The van der Waals surface area contributed by atoms with Gasteiger partial charge in [-0.15, -0.1) is 0 Å². The van der Waals surface area contributed by atoms with Gasteiger partial charge in [-0.05, 0) is 42.7 Å². The molecule has 0 saturated carbocycles. The number of para-hydroxylation sites is 1. The van der Waals surface area contributed by atoms with Gasteiger partial charge in [-0.1, -0.05) is 38.1 Å². The van der Waals surface area contributed by atoms with Gasteiger partial charge in [0.1, 0.15) is 0 Å². The average molecular weight is 487 g/mol. The number of carbonyl (C=O) groups excluding carboxylic acids is 2. The molecule has 1 fully saturated rings. The predicted molar refractivity (Wildman–Crippen MR) is 134 cm³/mol. The van der Waals surface area contributed by atoms with Crippen molar-refractivity contribution in [1.29, 1.82) is 0 Å². The average Bonchev–Trinajstić information content (AvgIpc) is 2.83. The van der Waals surface area contributed by atoms with Crippen molar-refractivity contribution in [3.05, 3.63) is 65.2 Å². The van der Waals surface area contributed by atoms with Crippen LogP contribution >= 0.6 is 0 Å². The van der Waals surface area contributed by atoms with Crippen molar-refractivity contribution in [2.24, 2.45) is 5.92 Å². The minimum Gasteiger partial charge on any atom is -0.352 e. The van der Waals surface area contributed by atoms with Crippen LogP contribution in [0.3, 0.4) is 0 Å². The number of piperazine rings is 1. The van der Waals surface area contributed by atoms with Crippen LogP contribution in [0.25, 0.3) is 0 Å². The fourth-order valence-electron chi connectivity index (χ4n) is 3.74. The highest BCUT2D eigenvalue weighted by Gasteiger charge is 2.25. The van der Waals surface area contributed by atoms with E-state index in [4.69, 9.17) is 0 Å². The van der Waals surface area contributed by atoms with Crippen LogP contribution in [-0.4, -0.2) is 67.9 Å². The van der Waals surface area contributed by atoms with Gasteiger partial charge in [0, 0.05) is 44.8 Å². The molecule has 2 amide bonds. The van der Waals surface area contributed by atoms with E-state index in [1.165, 1.54) is 0 Å². The molecule has 0 spiro atoms. The lowest BCUT2D eigenvalue weighted by molar-refractivity contribution is 0.0950. The van der Waals surface area contributed by atoms with Crippen molar-refractivity contribution in [1.82, 2.24) is 14.5 Å². The first-order valence-corrected chi connectivity index (χ1v) is 13.3. The van der Waals surface area contributed by atoms with Crippen molar-refractivity contribution in [2.45, 2.75) is 27.3 Å². The highest BCUT2D eigenvalue weighted by atomic mass is 32.2. The second-order valence-corrected chi connectivity index (χ2v) is 11.1. The third-order valence-electron chi connectivity index (χ3n) is 5.80. The molecule has 2 N–H and O–H groups in total. The normalized spacial score (nSPS) is 15.3. The van der Waals surface area contributed by atoms with E-state index in [1.807, 2.05) is 26.0 Å². The van der Waals surface area contributed by atoms with E-state index in [2.05, 4.69) is 15.5 Å². The molecule has 0 atom stereocenters. The van der Waals surface area contributed by atoms with Crippen molar-refractivity contribution < 1.29 is 18.0 Å². The van der Waals surface area contributed by atoms with Gasteiger partial charge < -0.3 is 10.6 Å². The molecule has 2 aromatic carbocycles. The Morgan fingerprint density at radius 2 is 1.59 bits per heavy atom. The number of sulfonamides is 1. The zero-order valence-corrected chi connectivity index (χ0v) is 20.9. The summed E-state index contributed by atoms with van der Waals surface area (Å²) in [5.41, 5.74) is 2.45. The number of anilines is 1. The van der Waals surface area contributed by atoms with E-state index in [0.29, 0.717) is 62.0 Å². The van der Waals surface area contributed by atoms with Gasteiger partial charge in [-0.2, -0.15) is 4.31 Å². The molecule has 3 rings (SSSR count). The molecular formula is C25H34N4O4S. The first-order chi connectivity index (χ1) is 16.2. The van der Waals surface area contributed by atoms with Crippen molar-refractivity contribution in [3.8, 4) is 0 Å². The topological polar surface area (TPSA) is 98.8 Å². The minimum absolute atomic E-state index is 0.129. The Balaban J connectivity index is 1.58. The predicted octanol–water partition coefficient (Wildman–Crippen LogP) is 2.79. The van der Waals surface area contributed by atoms with Crippen LogP contribution in [0.1, 0.15) is 47.1 Å². The van der Waals surface area contributed by atoms with Crippen molar-refractivity contribution in [3.63, 3.8) is 0 Å². The Kier molecular flexibility index (Phi) is 8.82. The van der Waals surface area contributed by atoms with E-state index in [0.717, 1.165) is 5.56 Å². The maximum atomic E-state index is 12.8. The third-order valence-corrected chi connectivity index (χ3v) is 7.68. The van der Waals surface area contributed by atoms with E-state index in [1.54, 1.807) is 47.6 Å². The van der Waals surface area contributed by atoms with Crippen molar-refractivity contribution >= 4 is 27.5 Å². The lowest BCUT2D eigenvalue weighted by Gasteiger charge is -2.33. The number of rotatable bonds is 9. The fraction of sp³-hybridized carbons (Fsp3) is 0.440. The summed E-state index contributed by atoms with van der Waals surface area (Å²) in [5.74, 6) is -0.0397. The first kappa shape index (κ1) is 25.9.